The molecule has 0 amide bonds. The Bertz CT molecular complexity index is 500. The number of thioether (sulfide) groups is 1. The first-order valence-corrected chi connectivity index (χ1v) is 7.51. The molecule has 0 N–H and O–H groups in total. The lowest BCUT2D eigenvalue weighted by molar-refractivity contribution is 0.211. The molecule has 0 saturated carbocycles. The average Bonchev–Trinajstić information content (AvgIpc) is 2.96. The second-order valence-electron chi connectivity index (χ2n) is 5.32. The summed E-state index contributed by atoms with van der Waals surface area (Å²) in [5.41, 5.74) is 2.58. The first-order chi connectivity index (χ1) is 8.71. The quantitative estimate of drug-likeness (QED) is 0.815. The van der Waals surface area contributed by atoms with Crippen LogP contribution in [0.5, 0.6) is 5.75 Å². The summed E-state index contributed by atoms with van der Waals surface area (Å²) >= 11 is 1.82. The fourth-order valence-corrected chi connectivity index (χ4v) is 4.26. The van der Waals surface area contributed by atoms with E-state index < -0.39 is 0 Å². The molecule has 3 heteroatoms. The van der Waals surface area contributed by atoms with Gasteiger partial charge in [-0.25, -0.2) is 0 Å². The van der Waals surface area contributed by atoms with E-state index in [4.69, 9.17) is 4.74 Å². The predicted octanol–water partition coefficient (Wildman–Crippen LogP) is 3.48. The van der Waals surface area contributed by atoms with E-state index in [0.717, 1.165) is 37.2 Å². The molecule has 3 rings (SSSR count). The number of hydrogen-bond donors (Lipinski definition) is 0. The number of nitriles is 1. The van der Waals surface area contributed by atoms with Crippen molar-refractivity contribution in [2.45, 2.75) is 43.5 Å². The zero-order chi connectivity index (χ0) is 12.6. The van der Waals surface area contributed by atoms with Gasteiger partial charge in [0.2, 0.25) is 0 Å². The number of fused-ring (bicyclic) bond motifs is 1. The maximum absolute atomic E-state index is 9.41. The van der Waals surface area contributed by atoms with E-state index in [2.05, 4.69) is 31.2 Å². The minimum absolute atomic E-state index is 0.187. The van der Waals surface area contributed by atoms with Gasteiger partial charge in [-0.3, -0.25) is 0 Å². The third-order valence-electron chi connectivity index (χ3n) is 3.82. The van der Waals surface area contributed by atoms with E-state index in [1.165, 1.54) is 11.1 Å². The van der Waals surface area contributed by atoms with Crippen LogP contribution in [-0.2, 0) is 6.42 Å². The molecule has 1 saturated heterocycles. The van der Waals surface area contributed by atoms with Crippen LogP contribution in [0.3, 0.4) is 0 Å². The maximum atomic E-state index is 9.41. The Hall–Kier alpha value is -1.14. The highest BCUT2D eigenvalue weighted by molar-refractivity contribution is 8.01. The van der Waals surface area contributed by atoms with Crippen molar-refractivity contribution in [1.29, 1.82) is 5.26 Å². The summed E-state index contributed by atoms with van der Waals surface area (Å²) in [7, 11) is 0. The Morgan fingerprint density at radius 2 is 2.44 bits per heavy atom. The number of benzene rings is 1. The summed E-state index contributed by atoms with van der Waals surface area (Å²) in [6, 6.07) is 8.88. The first kappa shape index (κ1) is 11.9. The van der Waals surface area contributed by atoms with Gasteiger partial charge < -0.3 is 4.74 Å². The zero-order valence-electron chi connectivity index (χ0n) is 10.6. The molecule has 2 heterocycles. The topological polar surface area (TPSA) is 33.0 Å². The van der Waals surface area contributed by atoms with E-state index >= 15 is 0 Å². The summed E-state index contributed by atoms with van der Waals surface area (Å²) in [4.78, 5) is 0. The predicted molar refractivity (Wildman–Crippen MR) is 74.0 cm³/mol. The van der Waals surface area contributed by atoms with Crippen molar-refractivity contribution < 1.29 is 4.74 Å². The van der Waals surface area contributed by atoms with Gasteiger partial charge in [0, 0.05) is 12.8 Å². The zero-order valence-corrected chi connectivity index (χ0v) is 11.4. The van der Waals surface area contributed by atoms with Gasteiger partial charge in [-0.1, -0.05) is 17.7 Å². The van der Waals surface area contributed by atoms with Crippen LogP contribution in [0.2, 0.25) is 0 Å². The molecule has 2 aliphatic rings. The fourth-order valence-electron chi connectivity index (χ4n) is 2.92. The molecule has 94 valence electrons. The van der Waals surface area contributed by atoms with E-state index in [0.29, 0.717) is 0 Å². The van der Waals surface area contributed by atoms with Crippen LogP contribution in [0.15, 0.2) is 18.2 Å². The van der Waals surface area contributed by atoms with Crippen molar-refractivity contribution in [3.8, 4) is 11.8 Å². The van der Waals surface area contributed by atoms with Gasteiger partial charge in [0.25, 0.3) is 0 Å². The van der Waals surface area contributed by atoms with Crippen molar-refractivity contribution >= 4 is 11.8 Å². The lowest BCUT2D eigenvalue weighted by Gasteiger charge is -2.22. The molecule has 1 aromatic rings. The molecule has 0 radical (unpaired) electrons. The molecule has 2 nitrogen and oxygen atoms in total. The van der Waals surface area contributed by atoms with Crippen LogP contribution in [0.1, 0.15) is 30.4 Å². The fraction of sp³-hybridized carbons (Fsp3) is 0.533. The van der Waals surface area contributed by atoms with Gasteiger partial charge in [-0.05, 0) is 37.1 Å². The molecule has 0 spiro atoms. The SMILES string of the molecule is Cc1ccc2c(c1)CC(CC1(C#N)CCCS1)O2. The number of nitrogens with zero attached hydrogens (tertiary/aromatic N) is 1. The van der Waals surface area contributed by atoms with Gasteiger partial charge in [-0.15, -0.1) is 11.8 Å². The van der Waals surface area contributed by atoms with E-state index in [1.807, 2.05) is 11.8 Å². The van der Waals surface area contributed by atoms with Crippen LogP contribution in [-0.4, -0.2) is 16.6 Å². The van der Waals surface area contributed by atoms with Crippen molar-refractivity contribution in [1.82, 2.24) is 0 Å². The lowest BCUT2D eigenvalue weighted by Crippen LogP contribution is -2.28. The molecule has 2 aliphatic heterocycles. The summed E-state index contributed by atoms with van der Waals surface area (Å²) in [5, 5.41) is 9.41. The molecule has 18 heavy (non-hydrogen) atoms. The summed E-state index contributed by atoms with van der Waals surface area (Å²) in [6.07, 6.45) is 4.19. The Morgan fingerprint density at radius 1 is 1.56 bits per heavy atom. The Kier molecular flexibility index (Phi) is 2.99. The monoisotopic (exact) mass is 259 g/mol. The van der Waals surface area contributed by atoms with Crippen LogP contribution in [0.4, 0.5) is 0 Å². The average molecular weight is 259 g/mol. The standard InChI is InChI=1S/C15H17NOS/c1-11-3-4-14-12(7-11)8-13(17-14)9-15(10-16)5-2-6-18-15/h3-4,7,13H,2,5-6,8-9H2,1H3. The van der Waals surface area contributed by atoms with Crippen LogP contribution in [0.25, 0.3) is 0 Å². The van der Waals surface area contributed by atoms with E-state index in [1.54, 1.807) is 0 Å². The van der Waals surface area contributed by atoms with Gasteiger partial charge in [0.1, 0.15) is 16.6 Å². The molecular formula is C15H17NOS. The minimum atomic E-state index is -0.193. The summed E-state index contributed by atoms with van der Waals surface area (Å²) in [5.74, 6) is 2.13. The van der Waals surface area contributed by atoms with Crippen LogP contribution < -0.4 is 4.74 Å². The number of aryl methyl sites for hydroxylation is 1. The number of ether oxygens (including phenoxy) is 1. The Morgan fingerprint density at radius 3 is 3.17 bits per heavy atom. The van der Waals surface area contributed by atoms with Crippen LogP contribution in [0, 0.1) is 18.3 Å². The lowest BCUT2D eigenvalue weighted by atomic mass is 9.95. The largest absolute Gasteiger partial charge is 0.490 e. The molecule has 2 atom stereocenters. The van der Waals surface area contributed by atoms with Crippen molar-refractivity contribution in [3.63, 3.8) is 0 Å². The highest BCUT2D eigenvalue weighted by Crippen LogP contribution is 2.43. The number of rotatable bonds is 2. The molecule has 0 bridgehead atoms. The van der Waals surface area contributed by atoms with Gasteiger partial charge in [0.05, 0.1) is 6.07 Å². The molecule has 0 aromatic heterocycles. The van der Waals surface area contributed by atoms with Gasteiger partial charge in [-0.2, -0.15) is 5.26 Å². The minimum Gasteiger partial charge on any atom is -0.490 e. The van der Waals surface area contributed by atoms with Crippen molar-refractivity contribution in [2.24, 2.45) is 0 Å². The molecule has 1 fully saturated rings. The normalized spacial score (nSPS) is 29.7. The number of hydrogen-bond acceptors (Lipinski definition) is 3. The summed E-state index contributed by atoms with van der Waals surface area (Å²) < 4.78 is 5.79. The van der Waals surface area contributed by atoms with Gasteiger partial charge in [0.15, 0.2) is 0 Å². The van der Waals surface area contributed by atoms with Crippen molar-refractivity contribution in [2.75, 3.05) is 5.75 Å². The first-order valence-electron chi connectivity index (χ1n) is 6.52. The summed E-state index contributed by atoms with van der Waals surface area (Å²) in [6.45, 7) is 2.11. The maximum Gasteiger partial charge on any atom is 0.123 e. The van der Waals surface area contributed by atoms with Crippen LogP contribution >= 0.6 is 11.8 Å². The molecule has 0 aliphatic carbocycles. The van der Waals surface area contributed by atoms with E-state index in [9.17, 15) is 5.26 Å². The van der Waals surface area contributed by atoms with Crippen molar-refractivity contribution in [3.05, 3.63) is 29.3 Å². The smallest absolute Gasteiger partial charge is 0.123 e. The third-order valence-corrected chi connectivity index (χ3v) is 5.33. The molecule has 2 unspecified atom stereocenters. The van der Waals surface area contributed by atoms with Gasteiger partial charge >= 0.3 is 0 Å². The second kappa shape index (κ2) is 4.51. The second-order valence-corrected chi connectivity index (χ2v) is 6.80. The Labute approximate surface area is 112 Å². The molecular weight excluding hydrogens is 242 g/mol. The highest BCUT2D eigenvalue weighted by atomic mass is 32.2. The molecule has 1 aromatic carbocycles. The third kappa shape index (κ3) is 2.10. The highest BCUT2D eigenvalue weighted by Gasteiger charge is 2.39. The van der Waals surface area contributed by atoms with E-state index in [-0.39, 0.29) is 10.9 Å². The Balaban J connectivity index is 1.73.